The predicted octanol–water partition coefficient (Wildman–Crippen LogP) is 3.02. The first kappa shape index (κ1) is 15.1. The highest BCUT2D eigenvalue weighted by atomic mass is 32.1. The van der Waals surface area contributed by atoms with Crippen LogP contribution in [0.1, 0.15) is 22.5 Å². The van der Waals surface area contributed by atoms with Gasteiger partial charge in [0, 0.05) is 17.8 Å². The topological polar surface area (TPSA) is 71.8 Å². The van der Waals surface area contributed by atoms with Crippen LogP contribution >= 0.6 is 11.3 Å². The van der Waals surface area contributed by atoms with Crippen LogP contribution in [-0.2, 0) is 0 Å². The SMILES string of the molecule is O=C(NNc1ccccc1)c1cn(-c2nccs2)nc1C(F)F. The normalized spacial score (nSPS) is 10.7. The summed E-state index contributed by atoms with van der Waals surface area (Å²) in [6.45, 7) is 0. The summed E-state index contributed by atoms with van der Waals surface area (Å²) in [6.07, 6.45) is -0.100. The molecule has 3 aromatic rings. The summed E-state index contributed by atoms with van der Waals surface area (Å²) in [5, 5.41) is 5.85. The number of aromatic nitrogens is 3. The number of rotatable bonds is 5. The lowest BCUT2D eigenvalue weighted by atomic mass is 10.2. The molecule has 0 atom stereocenters. The van der Waals surface area contributed by atoms with Gasteiger partial charge in [-0.05, 0) is 12.1 Å². The molecule has 23 heavy (non-hydrogen) atoms. The lowest BCUT2D eigenvalue weighted by Crippen LogP contribution is -2.29. The number of amides is 1. The number of anilines is 1. The minimum Gasteiger partial charge on any atom is -0.298 e. The predicted molar refractivity (Wildman–Crippen MR) is 81.7 cm³/mol. The van der Waals surface area contributed by atoms with Gasteiger partial charge in [0.05, 0.1) is 11.3 Å². The zero-order chi connectivity index (χ0) is 16.2. The summed E-state index contributed by atoms with van der Waals surface area (Å²) in [4.78, 5) is 16.1. The van der Waals surface area contributed by atoms with Crippen LogP contribution in [0.25, 0.3) is 5.13 Å². The summed E-state index contributed by atoms with van der Waals surface area (Å²) >= 11 is 1.23. The molecule has 6 nitrogen and oxygen atoms in total. The summed E-state index contributed by atoms with van der Waals surface area (Å²) in [6, 6.07) is 8.83. The largest absolute Gasteiger partial charge is 0.298 e. The molecule has 0 aliphatic carbocycles. The average molecular weight is 335 g/mol. The molecule has 0 bridgehead atoms. The molecule has 9 heteroatoms. The van der Waals surface area contributed by atoms with E-state index in [0.29, 0.717) is 10.8 Å². The number of para-hydroxylation sites is 1. The van der Waals surface area contributed by atoms with E-state index in [0.717, 1.165) is 0 Å². The molecule has 2 heterocycles. The Morgan fingerprint density at radius 3 is 2.70 bits per heavy atom. The Morgan fingerprint density at radius 2 is 2.04 bits per heavy atom. The van der Waals surface area contributed by atoms with E-state index in [-0.39, 0.29) is 5.56 Å². The first-order chi connectivity index (χ1) is 11.1. The van der Waals surface area contributed by atoms with Gasteiger partial charge in [0.25, 0.3) is 12.3 Å². The van der Waals surface area contributed by atoms with Crippen molar-refractivity contribution in [2.75, 3.05) is 5.43 Å². The molecule has 1 amide bonds. The van der Waals surface area contributed by atoms with Crippen LogP contribution in [0.2, 0.25) is 0 Å². The first-order valence-electron chi connectivity index (χ1n) is 6.54. The highest BCUT2D eigenvalue weighted by Crippen LogP contribution is 2.23. The molecular formula is C14H11F2N5OS. The molecule has 0 saturated carbocycles. The molecular weight excluding hydrogens is 324 g/mol. The summed E-state index contributed by atoms with van der Waals surface area (Å²) in [5.74, 6) is -0.702. The second-order valence-electron chi connectivity index (χ2n) is 4.43. The monoisotopic (exact) mass is 335 g/mol. The maximum absolute atomic E-state index is 13.1. The standard InChI is InChI=1S/C14H11F2N5OS/c15-12(16)11-10(8-21(20-11)14-17-6-7-23-14)13(22)19-18-9-4-2-1-3-5-9/h1-8,12,18H,(H,19,22). The fourth-order valence-electron chi connectivity index (χ4n) is 1.87. The molecule has 0 spiro atoms. The van der Waals surface area contributed by atoms with Gasteiger partial charge in [-0.3, -0.25) is 15.6 Å². The molecule has 0 radical (unpaired) electrons. The zero-order valence-corrected chi connectivity index (χ0v) is 12.4. The third kappa shape index (κ3) is 3.34. The van der Waals surface area contributed by atoms with Gasteiger partial charge in [-0.2, -0.15) is 5.10 Å². The molecule has 0 saturated heterocycles. The Balaban J connectivity index is 1.81. The molecule has 2 aromatic heterocycles. The van der Waals surface area contributed by atoms with Crippen molar-refractivity contribution in [3.63, 3.8) is 0 Å². The number of hydrogen-bond acceptors (Lipinski definition) is 5. The summed E-state index contributed by atoms with van der Waals surface area (Å²) in [7, 11) is 0. The Hall–Kier alpha value is -2.81. The van der Waals surface area contributed by atoms with Gasteiger partial charge in [-0.25, -0.2) is 18.4 Å². The fraction of sp³-hybridized carbons (Fsp3) is 0.0714. The van der Waals surface area contributed by atoms with E-state index in [9.17, 15) is 13.6 Å². The Morgan fingerprint density at radius 1 is 1.26 bits per heavy atom. The van der Waals surface area contributed by atoms with E-state index in [1.165, 1.54) is 28.4 Å². The highest BCUT2D eigenvalue weighted by Gasteiger charge is 2.24. The molecule has 0 fully saturated rings. The number of carbonyl (C=O) groups is 1. The first-order valence-corrected chi connectivity index (χ1v) is 7.42. The number of alkyl halides is 2. The molecule has 0 aliphatic rings. The van der Waals surface area contributed by atoms with Crippen LogP contribution in [0, 0.1) is 0 Å². The number of halogens is 2. The highest BCUT2D eigenvalue weighted by molar-refractivity contribution is 7.12. The Labute approximate surface area is 133 Å². The van der Waals surface area contributed by atoms with Crippen LogP contribution in [0.5, 0.6) is 0 Å². The lowest BCUT2D eigenvalue weighted by molar-refractivity contribution is 0.0948. The van der Waals surface area contributed by atoms with E-state index >= 15 is 0 Å². The molecule has 118 valence electrons. The van der Waals surface area contributed by atoms with E-state index < -0.39 is 18.0 Å². The van der Waals surface area contributed by atoms with Crippen LogP contribution in [0.3, 0.4) is 0 Å². The van der Waals surface area contributed by atoms with Crippen LogP contribution in [0.15, 0.2) is 48.1 Å². The van der Waals surface area contributed by atoms with Crippen molar-refractivity contribution in [3.05, 3.63) is 59.4 Å². The van der Waals surface area contributed by atoms with Crippen molar-refractivity contribution >= 4 is 22.9 Å². The molecule has 0 aliphatic heterocycles. The van der Waals surface area contributed by atoms with Gasteiger partial charge < -0.3 is 0 Å². The lowest BCUT2D eigenvalue weighted by Gasteiger charge is -2.07. The maximum atomic E-state index is 13.1. The summed E-state index contributed by atoms with van der Waals surface area (Å²) in [5.41, 5.74) is 4.87. The van der Waals surface area contributed by atoms with Crippen LogP contribution in [0.4, 0.5) is 14.5 Å². The smallest absolute Gasteiger partial charge is 0.282 e. The molecule has 3 rings (SSSR count). The molecule has 0 unspecified atom stereocenters. The second kappa shape index (κ2) is 6.53. The van der Waals surface area contributed by atoms with E-state index in [4.69, 9.17) is 0 Å². The van der Waals surface area contributed by atoms with Gasteiger partial charge in [-0.15, -0.1) is 11.3 Å². The summed E-state index contributed by atoms with van der Waals surface area (Å²) < 4.78 is 27.4. The number of carbonyl (C=O) groups excluding carboxylic acids is 1. The number of hydrogen-bond donors (Lipinski definition) is 2. The second-order valence-corrected chi connectivity index (χ2v) is 5.31. The van der Waals surface area contributed by atoms with Gasteiger partial charge in [0.1, 0.15) is 5.69 Å². The van der Waals surface area contributed by atoms with Crippen molar-refractivity contribution in [2.24, 2.45) is 0 Å². The number of hydrazine groups is 1. The van der Waals surface area contributed by atoms with E-state index in [2.05, 4.69) is 20.9 Å². The molecule has 2 N–H and O–H groups in total. The number of nitrogens with zero attached hydrogens (tertiary/aromatic N) is 3. The third-order valence-corrected chi connectivity index (χ3v) is 3.66. The average Bonchev–Trinajstić information content (AvgIpc) is 3.22. The zero-order valence-electron chi connectivity index (χ0n) is 11.6. The minimum atomic E-state index is -2.87. The van der Waals surface area contributed by atoms with Crippen molar-refractivity contribution in [1.29, 1.82) is 0 Å². The van der Waals surface area contributed by atoms with Crippen molar-refractivity contribution in [1.82, 2.24) is 20.2 Å². The Bertz CT molecular complexity index is 789. The number of nitrogens with one attached hydrogen (secondary N) is 2. The van der Waals surface area contributed by atoms with Gasteiger partial charge >= 0.3 is 0 Å². The van der Waals surface area contributed by atoms with Crippen LogP contribution in [-0.4, -0.2) is 20.7 Å². The van der Waals surface area contributed by atoms with E-state index in [1.54, 1.807) is 29.6 Å². The third-order valence-electron chi connectivity index (χ3n) is 2.90. The van der Waals surface area contributed by atoms with Crippen molar-refractivity contribution < 1.29 is 13.6 Å². The van der Waals surface area contributed by atoms with E-state index in [1.807, 2.05) is 6.07 Å². The molecule has 1 aromatic carbocycles. The quantitative estimate of drug-likeness (QED) is 0.703. The van der Waals surface area contributed by atoms with Crippen LogP contribution < -0.4 is 10.9 Å². The maximum Gasteiger partial charge on any atom is 0.282 e. The van der Waals surface area contributed by atoms with Gasteiger partial charge in [0.15, 0.2) is 0 Å². The minimum absolute atomic E-state index is 0.210. The Kier molecular flexibility index (Phi) is 4.29. The van der Waals surface area contributed by atoms with Gasteiger partial charge in [-0.1, -0.05) is 18.2 Å². The number of thiazole rings is 1. The van der Waals surface area contributed by atoms with Crippen molar-refractivity contribution in [3.8, 4) is 5.13 Å². The number of benzene rings is 1. The van der Waals surface area contributed by atoms with Crippen molar-refractivity contribution in [2.45, 2.75) is 6.43 Å². The fourth-order valence-corrected chi connectivity index (χ4v) is 2.43. The van der Waals surface area contributed by atoms with Gasteiger partial charge in [0.2, 0.25) is 5.13 Å².